The molecule has 184 valence electrons. The summed E-state index contributed by atoms with van der Waals surface area (Å²) in [6, 6.07) is 0. The fourth-order valence-electron chi connectivity index (χ4n) is 7.65. The normalized spacial score (nSPS) is 44.8. The summed E-state index contributed by atoms with van der Waals surface area (Å²) in [6.07, 6.45) is 8.92. The van der Waals surface area contributed by atoms with E-state index in [1.807, 2.05) is 6.92 Å². The number of aliphatic hydroxyl groups excluding tert-OH is 3. The molecule has 0 aromatic rings. The first kappa shape index (κ1) is 25.9. The van der Waals surface area contributed by atoms with E-state index in [9.17, 15) is 20.1 Å². The predicted molar refractivity (Wildman–Crippen MR) is 129 cm³/mol. The van der Waals surface area contributed by atoms with Gasteiger partial charge in [0.1, 0.15) is 5.78 Å². The number of ketones is 1. The molecule has 32 heavy (non-hydrogen) atoms. The molecule has 4 nitrogen and oxygen atoms in total. The number of rotatable bonds is 7. The molecule has 0 aromatic heterocycles. The van der Waals surface area contributed by atoms with Gasteiger partial charge in [-0.25, -0.2) is 0 Å². The summed E-state index contributed by atoms with van der Waals surface area (Å²) >= 11 is 0. The van der Waals surface area contributed by atoms with E-state index in [0.29, 0.717) is 61.6 Å². The second kappa shape index (κ2) is 9.88. The van der Waals surface area contributed by atoms with E-state index >= 15 is 0 Å². The highest BCUT2D eigenvalue weighted by Gasteiger charge is 2.59. The highest BCUT2D eigenvalue weighted by Crippen LogP contribution is 2.60. The topological polar surface area (TPSA) is 77.8 Å². The lowest BCUT2D eigenvalue weighted by Crippen LogP contribution is -2.56. The maximum atomic E-state index is 13.9. The number of fused-ring (bicyclic) bond motifs is 1. The highest BCUT2D eigenvalue weighted by molar-refractivity contribution is 5.88. The fraction of sp³-hybridized carbons (Fsp3) is 0.893. The van der Waals surface area contributed by atoms with Gasteiger partial charge < -0.3 is 15.3 Å². The van der Waals surface area contributed by atoms with Crippen molar-refractivity contribution in [2.75, 3.05) is 6.61 Å². The Hall–Kier alpha value is -0.710. The van der Waals surface area contributed by atoms with Gasteiger partial charge in [-0.3, -0.25) is 4.79 Å². The Morgan fingerprint density at radius 3 is 2.31 bits per heavy atom. The SMILES string of the molecule is CC(C)C(C)C=CC(C)C1CCC(C2CC(O)C3CC(O)CCC3(C)C2=O)C1(C)CCO. The van der Waals surface area contributed by atoms with Crippen LogP contribution in [0.4, 0.5) is 0 Å². The third-order valence-electron chi connectivity index (χ3n) is 10.2. The molecule has 3 rings (SSSR count). The van der Waals surface area contributed by atoms with Crippen LogP contribution in [0.1, 0.15) is 86.5 Å². The molecule has 4 heteroatoms. The van der Waals surface area contributed by atoms with Crippen LogP contribution in [0.3, 0.4) is 0 Å². The summed E-state index contributed by atoms with van der Waals surface area (Å²) in [4.78, 5) is 13.9. The molecule has 3 saturated carbocycles. The zero-order chi connectivity index (χ0) is 23.8. The van der Waals surface area contributed by atoms with Gasteiger partial charge >= 0.3 is 0 Å². The third-order valence-corrected chi connectivity index (χ3v) is 10.2. The number of allylic oxidation sites excluding steroid dienone is 2. The highest BCUT2D eigenvalue weighted by atomic mass is 16.3. The van der Waals surface area contributed by atoms with Crippen LogP contribution in [0.15, 0.2) is 12.2 Å². The van der Waals surface area contributed by atoms with Crippen LogP contribution >= 0.6 is 0 Å². The van der Waals surface area contributed by atoms with Gasteiger partial charge in [-0.15, -0.1) is 0 Å². The van der Waals surface area contributed by atoms with Gasteiger partial charge in [0.05, 0.1) is 12.2 Å². The smallest absolute Gasteiger partial charge is 0.142 e. The van der Waals surface area contributed by atoms with Crippen LogP contribution < -0.4 is 0 Å². The Kier molecular flexibility index (Phi) is 8.00. The van der Waals surface area contributed by atoms with E-state index in [4.69, 9.17) is 0 Å². The van der Waals surface area contributed by atoms with Gasteiger partial charge in [-0.05, 0) is 85.9 Å². The minimum Gasteiger partial charge on any atom is -0.396 e. The average Bonchev–Trinajstić information content (AvgIpc) is 3.07. The molecule has 0 aromatic carbocycles. The second-order valence-corrected chi connectivity index (χ2v) is 12.3. The van der Waals surface area contributed by atoms with Crippen molar-refractivity contribution in [2.24, 2.45) is 52.3 Å². The first-order valence-corrected chi connectivity index (χ1v) is 13.1. The summed E-state index contributed by atoms with van der Waals surface area (Å²) in [5, 5.41) is 31.2. The lowest BCUT2D eigenvalue weighted by Gasteiger charge is -2.53. The van der Waals surface area contributed by atoms with Crippen LogP contribution in [-0.2, 0) is 4.79 Å². The Balaban J connectivity index is 1.85. The van der Waals surface area contributed by atoms with Gasteiger partial charge in [0.2, 0.25) is 0 Å². The third kappa shape index (κ3) is 4.61. The fourth-order valence-corrected chi connectivity index (χ4v) is 7.65. The van der Waals surface area contributed by atoms with Gasteiger partial charge in [-0.1, -0.05) is 53.7 Å². The van der Waals surface area contributed by atoms with Crippen molar-refractivity contribution in [1.29, 1.82) is 0 Å². The summed E-state index contributed by atoms with van der Waals surface area (Å²) in [5.74, 6) is 2.21. The Bertz CT molecular complexity index is 687. The molecule has 0 spiro atoms. The first-order valence-electron chi connectivity index (χ1n) is 13.1. The van der Waals surface area contributed by atoms with Crippen molar-refractivity contribution in [1.82, 2.24) is 0 Å². The first-order chi connectivity index (χ1) is 15.0. The largest absolute Gasteiger partial charge is 0.396 e. The molecule has 0 aliphatic heterocycles. The molecule has 3 aliphatic carbocycles. The number of Topliss-reactive ketones (excluding diaryl/α,β-unsaturated/α-hetero) is 1. The van der Waals surface area contributed by atoms with Crippen molar-refractivity contribution in [3.8, 4) is 0 Å². The molecule has 10 atom stereocenters. The zero-order valence-corrected chi connectivity index (χ0v) is 21.3. The minimum absolute atomic E-state index is 0.114. The van der Waals surface area contributed by atoms with E-state index in [1.165, 1.54) is 0 Å². The quantitative estimate of drug-likeness (QED) is 0.479. The number of carbonyl (C=O) groups excluding carboxylic acids is 1. The van der Waals surface area contributed by atoms with Crippen LogP contribution in [0, 0.1) is 52.3 Å². The Morgan fingerprint density at radius 1 is 1.00 bits per heavy atom. The lowest BCUT2D eigenvalue weighted by molar-refractivity contribution is -0.162. The van der Waals surface area contributed by atoms with Crippen LogP contribution in [0.25, 0.3) is 0 Å². The van der Waals surface area contributed by atoms with E-state index in [1.54, 1.807) is 0 Å². The van der Waals surface area contributed by atoms with E-state index in [0.717, 1.165) is 12.8 Å². The van der Waals surface area contributed by atoms with Crippen molar-refractivity contribution < 1.29 is 20.1 Å². The van der Waals surface area contributed by atoms with E-state index in [-0.39, 0.29) is 29.8 Å². The van der Waals surface area contributed by atoms with Gasteiger partial charge in [0, 0.05) is 17.9 Å². The molecular weight excluding hydrogens is 400 g/mol. The Morgan fingerprint density at radius 2 is 1.69 bits per heavy atom. The molecule has 0 heterocycles. The van der Waals surface area contributed by atoms with Crippen molar-refractivity contribution in [2.45, 2.75) is 98.7 Å². The molecule has 0 saturated heterocycles. The number of hydrogen-bond donors (Lipinski definition) is 3. The maximum Gasteiger partial charge on any atom is 0.142 e. The minimum atomic E-state index is -0.530. The molecule has 0 amide bonds. The molecule has 3 fully saturated rings. The van der Waals surface area contributed by atoms with Crippen LogP contribution in [0.2, 0.25) is 0 Å². The standard InChI is InChI=1S/C28H48O4/c1-17(2)18(3)7-8-19(4)22-9-10-23(27(22,5)13-14-29)21-16-25(31)24-15-20(30)11-12-28(24,6)26(21)32/h7-8,17-25,29-31H,9-16H2,1-6H3. The van der Waals surface area contributed by atoms with Crippen molar-refractivity contribution in [3.63, 3.8) is 0 Å². The lowest BCUT2D eigenvalue weighted by atomic mass is 9.51. The van der Waals surface area contributed by atoms with Crippen LogP contribution in [0.5, 0.6) is 0 Å². The molecule has 0 bridgehead atoms. The van der Waals surface area contributed by atoms with Gasteiger partial charge in [-0.2, -0.15) is 0 Å². The summed E-state index contributed by atoms with van der Waals surface area (Å²) in [7, 11) is 0. The summed E-state index contributed by atoms with van der Waals surface area (Å²) in [5.41, 5.74) is -0.644. The maximum absolute atomic E-state index is 13.9. The zero-order valence-electron chi connectivity index (χ0n) is 21.3. The molecule has 3 aliphatic rings. The van der Waals surface area contributed by atoms with E-state index in [2.05, 4.69) is 46.8 Å². The molecule has 10 unspecified atom stereocenters. The summed E-state index contributed by atoms with van der Waals surface area (Å²) in [6.45, 7) is 13.5. The predicted octanol–water partition coefficient (Wildman–Crippen LogP) is 5.00. The monoisotopic (exact) mass is 448 g/mol. The van der Waals surface area contributed by atoms with E-state index < -0.39 is 17.6 Å². The number of hydrogen-bond acceptors (Lipinski definition) is 4. The Labute approximate surface area is 195 Å². The van der Waals surface area contributed by atoms with Crippen LogP contribution in [-0.4, -0.2) is 39.9 Å². The molecular formula is C28H48O4. The number of aliphatic hydroxyl groups is 3. The number of carbonyl (C=O) groups is 1. The van der Waals surface area contributed by atoms with Gasteiger partial charge in [0.25, 0.3) is 0 Å². The van der Waals surface area contributed by atoms with Crippen molar-refractivity contribution >= 4 is 5.78 Å². The van der Waals surface area contributed by atoms with Crippen molar-refractivity contribution in [3.05, 3.63) is 12.2 Å². The second-order valence-electron chi connectivity index (χ2n) is 12.3. The molecule has 3 N–H and O–H groups in total. The average molecular weight is 449 g/mol. The van der Waals surface area contributed by atoms with Gasteiger partial charge in [0.15, 0.2) is 0 Å². The molecule has 0 radical (unpaired) electrons. The summed E-state index contributed by atoms with van der Waals surface area (Å²) < 4.78 is 0.